The maximum Gasteiger partial charge on any atom is 0.255 e. The molecule has 0 bridgehead atoms. The van der Waals surface area contributed by atoms with Crippen LogP contribution in [-0.4, -0.2) is 34.8 Å². The largest absolute Gasteiger partial charge is 0.329 e. The molecule has 1 aromatic carbocycles. The van der Waals surface area contributed by atoms with Crippen LogP contribution >= 0.6 is 0 Å². The van der Waals surface area contributed by atoms with Crippen molar-refractivity contribution in [1.29, 1.82) is 0 Å². The van der Waals surface area contributed by atoms with Crippen LogP contribution in [-0.2, 0) is 17.8 Å². The highest BCUT2D eigenvalue weighted by atomic mass is 16.2. The van der Waals surface area contributed by atoms with Gasteiger partial charge in [0.1, 0.15) is 6.04 Å². The molecular formula is C27H35N3O2. The second kappa shape index (κ2) is 7.72. The first-order chi connectivity index (χ1) is 15.5. The van der Waals surface area contributed by atoms with E-state index in [9.17, 15) is 9.59 Å². The van der Waals surface area contributed by atoms with Crippen LogP contribution in [0.5, 0.6) is 0 Å². The van der Waals surface area contributed by atoms with E-state index in [1.54, 1.807) is 4.90 Å². The van der Waals surface area contributed by atoms with Crippen LogP contribution < -0.4 is 10.6 Å². The number of amides is 2. The molecule has 6 rings (SSSR count). The van der Waals surface area contributed by atoms with Gasteiger partial charge < -0.3 is 15.5 Å². The molecule has 5 aliphatic rings. The van der Waals surface area contributed by atoms with Crippen molar-refractivity contribution >= 4 is 11.8 Å². The molecule has 2 heterocycles. The molecule has 1 saturated heterocycles. The Labute approximate surface area is 191 Å². The molecule has 2 N–H and O–H groups in total. The highest BCUT2D eigenvalue weighted by Gasteiger charge is 2.53. The van der Waals surface area contributed by atoms with Crippen LogP contribution in [0.3, 0.4) is 0 Å². The van der Waals surface area contributed by atoms with Crippen LogP contribution in [0.15, 0.2) is 30.5 Å². The summed E-state index contributed by atoms with van der Waals surface area (Å²) in [6.07, 6.45) is 13.5. The zero-order valence-electron chi connectivity index (χ0n) is 19.0. The van der Waals surface area contributed by atoms with Crippen molar-refractivity contribution in [3.05, 3.63) is 47.2 Å². The van der Waals surface area contributed by atoms with Crippen LogP contribution in [0.1, 0.15) is 85.7 Å². The normalized spacial score (nSPS) is 31.4. The minimum absolute atomic E-state index is 0.00425. The fourth-order valence-electron chi connectivity index (χ4n) is 6.80. The minimum atomic E-state index is -0.381. The minimum Gasteiger partial charge on any atom is -0.329 e. The Kier molecular flexibility index (Phi) is 4.94. The first kappa shape index (κ1) is 20.5. The fraction of sp³-hybridized carbons (Fsp3) is 0.630. The van der Waals surface area contributed by atoms with E-state index in [0.717, 1.165) is 41.1 Å². The summed E-state index contributed by atoms with van der Waals surface area (Å²) in [4.78, 5) is 27.2. The summed E-state index contributed by atoms with van der Waals surface area (Å²) in [6.45, 7) is 4.40. The Balaban J connectivity index is 1.12. The summed E-state index contributed by atoms with van der Waals surface area (Å²) in [7, 11) is 0. The average molecular weight is 434 g/mol. The second-order valence-corrected chi connectivity index (χ2v) is 11.2. The Morgan fingerprint density at radius 1 is 1.12 bits per heavy atom. The Morgan fingerprint density at radius 3 is 2.72 bits per heavy atom. The number of carbonyl (C=O) groups excluding carboxylic acids is 2. The summed E-state index contributed by atoms with van der Waals surface area (Å²) in [5, 5.41) is 6.85. The van der Waals surface area contributed by atoms with Crippen LogP contribution in [0, 0.1) is 11.3 Å². The lowest BCUT2D eigenvalue weighted by Gasteiger charge is -2.42. The first-order valence-electron chi connectivity index (χ1n) is 12.7. The van der Waals surface area contributed by atoms with Gasteiger partial charge in [-0.25, -0.2) is 0 Å². The Bertz CT molecular complexity index is 958. The van der Waals surface area contributed by atoms with Crippen molar-refractivity contribution in [3.63, 3.8) is 0 Å². The molecular weight excluding hydrogens is 398 g/mol. The average Bonchev–Trinajstić information content (AvgIpc) is 3.48. The molecule has 4 fully saturated rings. The number of rotatable bonds is 5. The predicted molar refractivity (Wildman–Crippen MR) is 124 cm³/mol. The fourth-order valence-corrected chi connectivity index (χ4v) is 6.80. The molecule has 0 radical (unpaired) electrons. The third-order valence-corrected chi connectivity index (χ3v) is 8.87. The topological polar surface area (TPSA) is 61.4 Å². The first-order valence-corrected chi connectivity index (χ1v) is 12.7. The lowest BCUT2D eigenvalue weighted by molar-refractivity contribution is -0.126. The van der Waals surface area contributed by atoms with E-state index in [-0.39, 0.29) is 17.9 Å². The zero-order chi connectivity index (χ0) is 21.9. The molecule has 1 spiro atoms. The SMILES string of the molecule is C=C1CCC(N2Cc3cc(C[C@H]4CCCC[C@@H]4NC4CC5(CC5)C4)ccc3C2=O)C(=O)N1. The van der Waals surface area contributed by atoms with E-state index in [0.29, 0.717) is 24.9 Å². The number of carbonyl (C=O) groups is 2. The molecule has 3 atom stereocenters. The van der Waals surface area contributed by atoms with Crippen LogP contribution in [0.2, 0.25) is 0 Å². The van der Waals surface area contributed by atoms with Gasteiger partial charge in [0.05, 0.1) is 0 Å². The molecule has 5 heteroatoms. The third-order valence-electron chi connectivity index (χ3n) is 8.87. The summed E-state index contributed by atoms with van der Waals surface area (Å²) >= 11 is 0. The molecule has 3 aliphatic carbocycles. The molecule has 2 aliphatic heterocycles. The molecule has 2 amide bonds. The molecule has 3 saturated carbocycles. The molecule has 1 unspecified atom stereocenters. The summed E-state index contributed by atoms with van der Waals surface area (Å²) in [5.41, 5.74) is 4.70. The van der Waals surface area contributed by atoms with Crippen molar-refractivity contribution < 1.29 is 9.59 Å². The lowest BCUT2D eigenvalue weighted by Crippen LogP contribution is -2.51. The quantitative estimate of drug-likeness (QED) is 0.736. The van der Waals surface area contributed by atoms with Crippen LogP contribution in [0.25, 0.3) is 0 Å². The van der Waals surface area contributed by atoms with Gasteiger partial charge in [-0.2, -0.15) is 0 Å². The number of hydrogen-bond donors (Lipinski definition) is 2. The smallest absolute Gasteiger partial charge is 0.255 e. The summed E-state index contributed by atoms with van der Waals surface area (Å²) in [5.74, 6) is 0.582. The van der Waals surface area contributed by atoms with Gasteiger partial charge in [-0.15, -0.1) is 0 Å². The number of piperidine rings is 1. The number of hydrogen-bond acceptors (Lipinski definition) is 3. The Morgan fingerprint density at radius 2 is 1.94 bits per heavy atom. The van der Waals surface area contributed by atoms with Crippen molar-refractivity contribution in [2.75, 3.05) is 0 Å². The zero-order valence-corrected chi connectivity index (χ0v) is 19.0. The van der Waals surface area contributed by atoms with Crippen molar-refractivity contribution in [3.8, 4) is 0 Å². The van der Waals surface area contributed by atoms with Gasteiger partial charge in [0, 0.05) is 29.9 Å². The van der Waals surface area contributed by atoms with E-state index >= 15 is 0 Å². The van der Waals surface area contributed by atoms with Gasteiger partial charge in [0.2, 0.25) is 5.91 Å². The van der Waals surface area contributed by atoms with E-state index in [1.165, 1.54) is 56.9 Å². The molecule has 1 aromatic rings. The van der Waals surface area contributed by atoms with Crippen molar-refractivity contribution in [2.45, 2.75) is 95.3 Å². The highest BCUT2D eigenvalue weighted by Crippen LogP contribution is 2.60. The monoisotopic (exact) mass is 433 g/mol. The number of nitrogens with zero attached hydrogens (tertiary/aromatic N) is 1. The molecule has 170 valence electrons. The maximum absolute atomic E-state index is 13.0. The third kappa shape index (κ3) is 3.68. The highest BCUT2D eigenvalue weighted by molar-refractivity contribution is 6.01. The number of nitrogens with one attached hydrogen (secondary N) is 2. The van der Waals surface area contributed by atoms with Crippen LogP contribution in [0.4, 0.5) is 0 Å². The maximum atomic E-state index is 13.0. The van der Waals surface area contributed by atoms with Gasteiger partial charge in [-0.1, -0.05) is 31.6 Å². The molecule has 5 nitrogen and oxygen atoms in total. The van der Waals surface area contributed by atoms with E-state index in [1.807, 2.05) is 6.07 Å². The van der Waals surface area contributed by atoms with Crippen molar-refractivity contribution in [2.24, 2.45) is 11.3 Å². The van der Waals surface area contributed by atoms with Crippen molar-refractivity contribution in [1.82, 2.24) is 15.5 Å². The summed E-state index contributed by atoms with van der Waals surface area (Å²) in [6, 6.07) is 7.38. The lowest BCUT2D eigenvalue weighted by atomic mass is 9.74. The second-order valence-electron chi connectivity index (χ2n) is 11.2. The molecule has 32 heavy (non-hydrogen) atoms. The van der Waals surface area contributed by atoms with Gasteiger partial charge in [-0.05, 0) is 86.3 Å². The summed E-state index contributed by atoms with van der Waals surface area (Å²) < 4.78 is 0. The van der Waals surface area contributed by atoms with E-state index in [4.69, 9.17) is 0 Å². The van der Waals surface area contributed by atoms with Gasteiger partial charge in [0.25, 0.3) is 5.91 Å². The molecule has 0 aromatic heterocycles. The number of benzene rings is 1. The van der Waals surface area contributed by atoms with Gasteiger partial charge in [0.15, 0.2) is 0 Å². The van der Waals surface area contributed by atoms with Gasteiger partial charge >= 0.3 is 0 Å². The number of allylic oxidation sites excluding steroid dienone is 1. The van der Waals surface area contributed by atoms with E-state index in [2.05, 4.69) is 29.3 Å². The van der Waals surface area contributed by atoms with E-state index < -0.39 is 0 Å². The predicted octanol–water partition coefficient (Wildman–Crippen LogP) is 4.07. The van der Waals surface area contributed by atoms with Gasteiger partial charge in [-0.3, -0.25) is 9.59 Å². The number of fused-ring (bicyclic) bond motifs is 1. The Hall–Kier alpha value is -2.14. The standard InChI is InChI=1S/C27H35N3O2/c1-17-6-9-24(25(31)28-17)30-16-20-13-18(7-8-22(20)26(30)32)12-19-4-2-3-5-23(19)29-21-14-27(15-21)10-11-27/h7-8,13,19,21,23-24,29H,1-6,9-12,14-16H2,(H,28,31)/t19-,23+,24?/m1/s1.